The number of benzene rings is 2. The van der Waals surface area contributed by atoms with Gasteiger partial charge in [-0.3, -0.25) is 4.74 Å². The smallest absolute Gasteiger partial charge is 0.491 e. The van der Waals surface area contributed by atoms with Crippen LogP contribution >= 0.6 is 11.6 Å². The molecule has 3 rings (SSSR count). The predicted molar refractivity (Wildman–Crippen MR) is 98.7 cm³/mol. The molecular weight excluding hydrogens is 381 g/mol. The van der Waals surface area contributed by atoms with Crippen molar-refractivity contribution in [2.45, 2.75) is 13.3 Å². The molecule has 0 amide bonds. The Morgan fingerprint density at radius 3 is 2.63 bits per heavy atom. The number of ether oxygens (including phenoxy) is 2. The molecule has 2 aromatic carbocycles. The van der Waals surface area contributed by atoms with Crippen LogP contribution in [0.4, 0.5) is 24.7 Å². The van der Waals surface area contributed by atoms with E-state index in [1.165, 1.54) is 0 Å². The van der Waals surface area contributed by atoms with Crippen LogP contribution in [0.3, 0.4) is 0 Å². The summed E-state index contributed by atoms with van der Waals surface area (Å²) in [6.45, 7) is 1.09. The fraction of sp³-hybridized carbons (Fsp3) is 0.211. The second kappa shape index (κ2) is 8.02. The second-order valence-electron chi connectivity index (χ2n) is 5.75. The van der Waals surface area contributed by atoms with Crippen molar-refractivity contribution >= 4 is 34.0 Å². The van der Waals surface area contributed by atoms with Crippen LogP contribution in [-0.2, 0) is 4.74 Å². The number of pyridine rings is 1. The number of halogens is 4. The molecule has 0 unspecified atom stereocenters. The number of alkyl halides is 3. The number of hydrogen-bond acceptors (Lipinski definition) is 4. The number of nitrogens with zero attached hydrogens (tertiary/aromatic N) is 1. The van der Waals surface area contributed by atoms with Crippen LogP contribution in [0.2, 0.25) is 5.02 Å². The number of fused-ring (bicyclic) bond motifs is 1. The van der Waals surface area contributed by atoms with E-state index in [0.29, 0.717) is 22.1 Å². The quantitative estimate of drug-likeness (QED) is 0.530. The first-order valence-corrected chi connectivity index (χ1v) is 8.46. The lowest BCUT2D eigenvalue weighted by atomic mass is 10.2. The van der Waals surface area contributed by atoms with Crippen LogP contribution in [-0.4, -0.2) is 24.6 Å². The molecule has 3 aromatic rings. The van der Waals surface area contributed by atoms with E-state index < -0.39 is 13.0 Å². The summed E-state index contributed by atoms with van der Waals surface area (Å²) in [4.78, 5) is 4.52. The van der Waals surface area contributed by atoms with Gasteiger partial charge >= 0.3 is 6.36 Å². The van der Waals surface area contributed by atoms with E-state index in [-0.39, 0.29) is 6.61 Å². The highest BCUT2D eigenvalue weighted by Gasteiger charge is 2.28. The summed E-state index contributed by atoms with van der Waals surface area (Å²) in [7, 11) is 0. The summed E-state index contributed by atoms with van der Waals surface area (Å²) in [5, 5.41) is 4.71. The minimum Gasteiger partial charge on any atom is -0.491 e. The Hall–Kier alpha value is -2.51. The standard InChI is InChI=1S/C19H16ClF3N2O2/c1-12-11-14(26-9-10-27-19(21,22)23)6-7-16(12)24-17-8-5-13-3-2-4-15(20)18(13)25-17/h2-8,11H,9-10H2,1H3,(H,24,25). The molecule has 0 fully saturated rings. The Morgan fingerprint density at radius 1 is 1.07 bits per heavy atom. The maximum Gasteiger partial charge on any atom is 0.522 e. The number of anilines is 2. The van der Waals surface area contributed by atoms with Crippen molar-refractivity contribution < 1.29 is 22.6 Å². The molecular formula is C19H16ClF3N2O2. The normalized spacial score (nSPS) is 11.6. The molecule has 0 aliphatic heterocycles. The van der Waals surface area contributed by atoms with Crippen LogP contribution in [0.1, 0.15) is 5.56 Å². The zero-order valence-electron chi connectivity index (χ0n) is 14.3. The van der Waals surface area contributed by atoms with E-state index in [1.807, 2.05) is 31.2 Å². The van der Waals surface area contributed by atoms with Crippen LogP contribution in [0.5, 0.6) is 5.75 Å². The second-order valence-corrected chi connectivity index (χ2v) is 6.16. The average Bonchev–Trinajstić information content (AvgIpc) is 2.61. The van der Waals surface area contributed by atoms with Gasteiger partial charge in [-0.15, -0.1) is 13.2 Å². The Balaban J connectivity index is 1.67. The first kappa shape index (κ1) is 19.3. The van der Waals surface area contributed by atoms with Crippen LogP contribution in [0.25, 0.3) is 10.9 Å². The summed E-state index contributed by atoms with van der Waals surface area (Å²) in [5.74, 6) is 1.09. The lowest BCUT2D eigenvalue weighted by Gasteiger charge is -2.13. The number of aryl methyl sites for hydroxylation is 1. The van der Waals surface area contributed by atoms with E-state index in [1.54, 1.807) is 24.3 Å². The van der Waals surface area contributed by atoms with E-state index in [4.69, 9.17) is 16.3 Å². The van der Waals surface area contributed by atoms with Gasteiger partial charge in [0.1, 0.15) is 18.2 Å². The molecule has 0 aliphatic carbocycles. The van der Waals surface area contributed by atoms with Gasteiger partial charge in [0, 0.05) is 11.1 Å². The average molecular weight is 397 g/mol. The predicted octanol–water partition coefficient (Wildman–Crippen LogP) is 5.86. The molecule has 4 nitrogen and oxygen atoms in total. The molecule has 1 heterocycles. The minimum atomic E-state index is -4.65. The molecule has 27 heavy (non-hydrogen) atoms. The minimum absolute atomic E-state index is 0.198. The Labute approximate surface area is 158 Å². The highest BCUT2D eigenvalue weighted by Crippen LogP contribution is 2.27. The Bertz CT molecular complexity index is 948. The molecule has 0 atom stereocenters. The number of rotatable bonds is 6. The topological polar surface area (TPSA) is 43.4 Å². The summed E-state index contributed by atoms with van der Waals surface area (Å²) < 4.78 is 44.7. The SMILES string of the molecule is Cc1cc(OCCOC(F)(F)F)ccc1Nc1ccc2cccc(Cl)c2n1. The van der Waals surface area contributed by atoms with Gasteiger partial charge in [-0.05, 0) is 48.9 Å². The summed E-state index contributed by atoms with van der Waals surface area (Å²) >= 11 is 6.19. The molecule has 1 N–H and O–H groups in total. The first-order chi connectivity index (χ1) is 12.8. The molecule has 0 spiro atoms. The Kier molecular flexibility index (Phi) is 5.72. The third-order valence-electron chi connectivity index (χ3n) is 3.75. The van der Waals surface area contributed by atoms with Crippen molar-refractivity contribution in [2.75, 3.05) is 18.5 Å². The van der Waals surface area contributed by atoms with Crippen molar-refractivity contribution in [3.05, 3.63) is 59.1 Å². The molecule has 0 saturated carbocycles. The van der Waals surface area contributed by atoms with Gasteiger partial charge in [0.05, 0.1) is 17.1 Å². The lowest BCUT2D eigenvalue weighted by Crippen LogP contribution is -2.18. The van der Waals surface area contributed by atoms with Gasteiger partial charge in [0.15, 0.2) is 0 Å². The van der Waals surface area contributed by atoms with Gasteiger partial charge in [-0.1, -0.05) is 23.7 Å². The van der Waals surface area contributed by atoms with Crippen molar-refractivity contribution in [1.29, 1.82) is 0 Å². The van der Waals surface area contributed by atoms with E-state index >= 15 is 0 Å². The van der Waals surface area contributed by atoms with Crippen LogP contribution in [0, 0.1) is 6.92 Å². The Morgan fingerprint density at radius 2 is 1.89 bits per heavy atom. The highest BCUT2D eigenvalue weighted by atomic mass is 35.5. The zero-order valence-corrected chi connectivity index (χ0v) is 15.1. The van der Waals surface area contributed by atoms with Gasteiger partial charge in [-0.2, -0.15) is 0 Å². The van der Waals surface area contributed by atoms with Crippen molar-refractivity contribution in [1.82, 2.24) is 4.98 Å². The highest BCUT2D eigenvalue weighted by molar-refractivity contribution is 6.35. The van der Waals surface area contributed by atoms with Crippen molar-refractivity contribution in [3.63, 3.8) is 0 Å². The molecule has 0 radical (unpaired) electrons. The van der Waals surface area contributed by atoms with Crippen LogP contribution < -0.4 is 10.1 Å². The van der Waals surface area contributed by atoms with E-state index in [2.05, 4.69) is 15.0 Å². The largest absolute Gasteiger partial charge is 0.522 e. The fourth-order valence-electron chi connectivity index (χ4n) is 2.50. The summed E-state index contributed by atoms with van der Waals surface area (Å²) in [5.41, 5.74) is 2.35. The number of aromatic nitrogens is 1. The monoisotopic (exact) mass is 396 g/mol. The molecule has 0 aliphatic rings. The lowest BCUT2D eigenvalue weighted by molar-refractivity contribution is -0.325. The fourth-order valence-corrected chi connectivity index (χ4v) is 2.73. The van der Waals surface area contributed by atoms with Crippen molar-refractivity contribution in [3.8, 4) is 5.75 Å². The number of para-hydroxylation sites is 1. The van der Waals surface area contributed by atoms with Crippen molar-refractivity contribution in [2.24, 2.45) is 0 Å². The van der Waals surface area contributed by atoms with Gasteiger partial charge in [0.2, 0.25) is 0 Å². The first-order valence-electron chi connectivity index (χ1n) is 8.08. The van der Waals surface area contributed by atoms with E-state index in [0.717, 1.165) is 16.6 Å². The number of nitrogens with one attached hydrogen (secondary N) is 1. The molecule has 142 valence electrons. The van der Waals surface area contributed by atoms with Gasteiger partial charge in [-0.25, -0.2) is 4.98 Å². The summed E-state index contributed by atoms with van der Waals surface area (Å²) in [6, 6.07) is 14.5. The van der Waals surface area contributed by atoms with Crippen LogP contribution in [0.15, 0.2) is 48.5 Å². The maximum atomic E-state index is 11.9. The molecule has 8 heteroatoms. The molecule has 1 aromatic heterocycles. The number of hydrogen-bond donors (Lipinski definition) is 1. The van der Waals surface area contributed by atoms with E-state index in [9.17, 15) is 13.2 Å². The third kappa shape index (κ3) is 5.24. The zero-order chi connectivity index (χ0) is 19.4. The summed E-state index contributed by atoms with van der Waals surface area (Å²) in [6.07, 6.45) is -4.65. The molecule has 0 saturated heterocycles. The maximum absolute atomic E-state index is 11.9. The van der Waals surface area contributed by atoms with Gasteiger partial charge in [0.25, 0.3) is 0 Å². The third-order valence-corrected chi connectivity index (χ3v) is 4.05. The molecule has 0 bridgehead atoms. The van der Waals surface area contributed by atoms with Gasteiger partial charge < -0.3 is 10.1 Å².